The minimum absolute atomic E-state index is 0.402. The van der Waals surface area contributed by atoms with Crippen LogP contribution in [0.15, 0.2) is 0 Å². The Labute approximate surface area is 113 Å². The third-order valence-electron chi connectivity index (χ3n) is 5.23. The van der Waals surface area contributed by atoms with Gasteiger partial charge in [0, 0.05) is 6.54 Å². The molecular formula is C16H31NO. The Morgan fingerprint density at radius 2 is 1.67 bits per heavy atom. The first-order chi connectivity index (χ1) is 8.72. The SMILES string of the molecule is CCC1CCC(O)(CNCC2CCCCC2)CC1. The summed E-state index contributed by atoms with van der Waals surface area (Å²) in [5, 5.41) is 14.1. The molecule has 106 valence electrons. The van der Waals surface area contributed by atoms with Gasteiger partial charge in [0.15, 0.2) is 0 Å². The molecule has 2 saturated carbocycles. The summed E-state index contributed by atoms with van der Waals surface area (Å²) in [6.45, 7) is 4.22. The number of nitrogens with one attached hydrogen (secondary N) is 1. The fourth-order valence-electron chi connectivity index (χ4n) is 3.70. The quantitative estimate of drug-likeness (QED) is 0.786. The van der Waals surface area contributed by atoms with Gasteiger partial charge in [-0.2, -0.15) is 0 Å². The maximum Gasteiger partial charge on any atom is 0.0771 e. The molecule has 0 aromatic heterocycles. The Morgan fingerprint density at radius 3 is 2.28 bits per heavy atom. The van der Waals surface area contributed by atoms with Crippen LogP contribution in [0, 0.1) is 11.8 Å². The molecule has 0 amide bonds. The monoisotopic (exact) mass is 253 g/mol. The zero-order valence-corrected chi connectivity index (χ0v) is 12.1. The number of aliphatic hydroxyl groups is 1. The van der Waals surface area contributed by atoms with Crippen LogP contribution in [-0.2, 0) is 0 Å². The molecule has 2 nitrogen and oxygen atoms in total. The average Bonchev–Trinajstić information content (AvgIpc) is 2.41. The van der Waals surface area contributed by atoms with E-state index in [1.807, 2.05) is 0 Å². The Hall–Kier alpha value is -0.0800. The van der Waals surface area contributed by atoms with Crippen LogP contribution < -0.4 is 5.32 Å². The van der Waals surface area contributed by atoms with Crippen LogP contribution in [0.4, 0.5) is 0 Å². The lowest BCUT2D eigenvalue weighted by molar-refractivity contribution is -0.00933. The molecule has 0 unspecified atom stereocenters. The topological polar surface area (TPSA) is 32.3 Å². The van der Waals surface area contributed by atoms with Gasteiger partial charge in [0.25, 0.3) is 0 Å². The van der Waals surface area contributed by atoms with Crippen LogP contribution in [0.2, 0.25) is 0 Å². The molecule has 0 heterocycles. The Balaban J connectivity index is 1.63. The summed E-state index contributed by atoms with van der Waals surface area (Å²) in [4.78, 5) is 0. The Kier molecular flexibility index (Phi) is 5.50. The smallest absolute Gasteiger partial charge is 0.0771 e. The molecule has 0 bridgehead atoms. The van der Waals surface area contributed by atoms with E-state index >= 15 is 0 Å². The molecule has 2 fully saturated rings. The lowest BCUT2D eigenvalue weighted by Gasteiger charge is -2.36. The Morgan fingerprint density at radius 1 is 1.00 bits per heavy atom. The first-order valence-corrected chi connectivity index (χ1v) is 8.15. The standard InChI is InChI=1S/C16H31NO/c1-2-14-8-10-16(18,11-9-14)13-17-12-15-6-4-3-5-7-15/h14-15,17-18H,2-13H2,1H3. The Bertz CT molecular complexity index is 227. The average molecular weight is 253 g/mol. The van der Waals surface area contributed by atoms with Crippen LogP contribution in [0.5, 0.6) is 0 Å². The summed E-state index contributed by atoms with van der Waals surface area (Å²) in [5.74, 6) is 1.73. The molecule has 0 radical (unpaired) electrons. The minimum atomic E-state index is -0.402. The zero-order chi connectivity index (χ0) is 12.8. The van der Waals surface area contributed by atoms with Gasteiger partial charge in [-0.25, -0.2) is 0 Å². The van der Waals surface area contributed by atoms with Gasteiger partial charge in [0.1, 0.15) is 0 Å². The van der Waals surface area contributed by atoms with Gasteiger partial charge < -0.3 is 10.4 Å². The lowest BCUT2D eigenvalue weighted by atomic mass is 9.77. The van der Waals surface area contributed by atoms with Gasteiger partial charge in [-0.1, -0.05) is 32.6 Å². The van der Waals surface area contributed by atoms with Crippen LogP contribution in [0.1, 0.15) is 71.1 Å². The van der Waals surface area contributed by atoms with Crippen molar-refractivity contribution in [3.8, 4) is 0 Å². The number of hydrogen-bond donors (Lipinski definition) is 2. The highest BCUT2D eigenvalue weighted by Crippen LogP contribution is 2.33. The van der Waals surface area contributed by atoms with Gasteiger partial charge in [-0.3, -0.25) is 0 Å². The fourth-order valence-corrected chi connectivity index (χ4v) is 3.70. The van der Waals surface area contributed by atoms with E-state index in [2.05, 4.69) is 12.2 Å². The van der Waals surface area contributed by atoms with E-state index in [-0.39, 0.29) is 0 Å². The molecule has 2 aliphatic rings. The molecule has 2 aliphatic carbocycles. The lowest BCUT2D eigenvalue weighted by Crippen LogP contribution is -2.44. The molecule has 2 heteroatoms. The van der Waals surface area contributed by atoms with E-state index in [1.165, 1.54) is 51.4 Å². The van der Waals surface area contributed by atoms with Gasteiger partial charge >= 0.3 is 0 Å². The molecule has 0 aromatic carbocycles. The zero-order valence-electron chi connectivity index (χ0n) is 12.1. The van der Waals surface area contributed by atoms with Crippen molar-refractivity contribution in [1.82, 2.24) is 5.32 Å². The first-order valence-electron chi connectivity index (χ1n) is 8.15. The maximum atomic E-state index is 10.6. The predicted molar refractivity (Wildman–Crippen MR) is 76.6 cm³/mol. The van der Waals surface area contributed by atoms with E-state index in [9.17, 15) is 5.11 Å². The molecule has 0 aliphatic heterocycles. The predicted octanol–water partition coefficient (Wildman–Crippen LogP) is 3.49. The van der Waals surface area contributed by atoms with Gasteiger partial charge in [0.05, 0.1) is 5.60 Å². The van der Waals surface area contributed by atoms with Gasteiger partial charge in [-0.15, -0.1) is 0 Å². The largest absolute Gasteiger partial charge is 0.389 e. The number of hydrogen-bond acceptors (Lipinski definition) is 2. The van der Waals surface area contributed by atoms with Crippen LogP contribution in [0.3, 0.4) is 0 Å². The number of rotatable bonds is 5. The summed E-state index contributed by atoms with van der Waals surface area (Å²) >= 11 is 0. The molecule has 2 N–H and O–H groups in total. The summed E-state index contributed by atoms with van der Waals surface area (Å²) in [5.41, 5.74) is -0.402. The molecule has 0 saturated heterocycles. The van der Waals surface area contributed by atoms with Crippen molar-refractivity contribution in [3.63, 3.8) is 0 Å². The normalized spacial score (nSPS) is 34.7. The van der Waals surface area contributed by atoms with E-state index in [0.29, 0.717) is 0 Å². The second kappa shape index (κ2) is 6.91. The van der Waals surface area contributed by atoms with Crippen molar-refractivity contribution in [2.24, 2.45) is 11.8 Å². The molecular weight excluding hydrogens is 222 g/mol. The summed E-state index contributed by atoms with van der Waals surface area (Å²) < 4.78 is 0. The highest BCUT2D eigenvalue weighted by molar-refractivity contribution is 4.87. The van der Waals surface area contributed by atoms with E-state index in [4.69, 9.17) is 0 Å². The minimum Gasteiger partial charge on any atom is -0.389 e. The van der Waals surface area contributed by atoms with Crippen molar-refractivity contribution in [1.29, 1.82) is 0 Å². The van der Waals surface area contributed by atoms with Crippen LogP contribution >= 0.6 is 0 Å². The van der Waals surface area contributed by atoms with E-state index in [1.54, 1.807) is 0 Å². The van der Waals surface area contributed by atoms with E-state index in [0.717, 1.165) is 37.8 Å². The first kappa shape index (κ1) is 14.3. The maximum absolute atomic E-state index is 10.6. The molecule has 0 spiro atoms. The third-order valence-corrected chi connectivity index (χ3v) is 5.23. The molecule has 0 aromatic rings. The summed E-state index contributed by atoms with van der Waals surface area (Å²) in [6, 6.07) is 0. The molecule has 2 rings (SSSR count). The van der Waals surface area contributed by atoms with Crippen LogP contribution in [-0.4, -0.2) is 23.8 Å². The summed E-state index contributed by atoms with van der Waals surface area (Å²) in [6.07, 6.45) is 12.8. The van der Waals surface area contributed by atoms with Crippen LogP contribution in [0.25, 0.3) is 0 Å². The van der Waals surface area contributed by atoms with Crippen molar-refractivity contribution in [2.45, 2.75) is 76.7 Å². The highest BCUT2D eigenvalue weighted by atomic mass is 16.3. The van der Waals surface area contributed by atoms with Crippen molar-refractivity contribution < 1.29 is 5.11 Å². The van der Waals surface area contributed by atoms with E-state index < -0.39 is 5.60 Å². The highest BCUT2D eigenvalue weighted by Gasteiger charge is 2.32. The second-order valence-corrected chi connectivity index (χ2v) is 6.71. The van der Waals surface area contributed by atoms with Crippen molar-refractivity contribution in [2.75, 3.05) is 13.1 Å². The molecule has 18 heavy (non-hydrogen) atoms. The fraction of sp³-hybridized carbons (Fsp3) is 1.00. The van der Waals surface area contributed by atoms with Crippen molar-refractivity contribution >= 4 is 0 Å². The third kappa shape index (κ3) is 4.24. The molecule has 0 atom stereocenters. The van der Waals surface area contributed by atoms with Crippen molar-refractivity contribution in [3.05, 3.63) is 0 Å². The summed E-state index contributed by atoms with van der Waals surface area (Å²) in [7, 11) is 0. The van der Waals surface area contributed by atoms with Gasteiger partial charge in [-0.05, 0) is 56.9 Å². The van der Waals surface area contributed by atoms with Gasteiger partial charge in [0.2, 0.25) is 0 Å². The second-order valence-electron chi connectivity index (χ2n) is 6.71.